The van der Waals surface area contributed by atoms with E-state index in [1.807, 2.05) is 0 Å². The second-order valence-electron chi connectivity index (χ2n) is 6.41. The molecule has 5 heteroatoms. The summed E-state index contributed by atoms with van der Waals surface area (Å²) in [4.78, 5) is 2.61. The maximum absolute atomic E-state index is 6.18. The van der Waals surface area contributed by atoms with Crippen LogP contribution in [0, 0.1) is 6.92 Å². The first-order valence-corrected chi connectivity index (χ1v) is 7.29. The molecule has 0 saturated carbocycles. The van der Waals surface area contributed by atoms with Crippen LogP contribution in [0.3, 0.4) is 0 Å². The lowest BCUT2D eigenvalue weighted by Gasteiger charge is -2.44. The third kappa shape index (κ3) is 4.04. The molecular weight excluding hydrogens is 307 g/mol. The first kappa shape index (κ1) is 18.6. The van der Waals surface area contributed by atoms with Crippen LogP contribution in [-0.4, -0.2) is 36.7 Å². The highest BCUT2D eigenvalue weighted by molar-refractivity contribution is 5.85. The topological polar surface area (TPSA) is 24.5 Å². The van der Waals surface area contributed by atoms with Gasteiger partial charge in [0.15, 0.2) is 0 Å². The lowest BCUT2D eigenvalue weighted by molar-refractivity contribution is 0.0259. The lowest BCUT2D eigenvalue weighted by atomic mass is 9.88. The van der Waals surface area contributed by atoms with Gasteiger partial charge >= 0.3 is 0 Å². The minimum atomic E-state index is -0.0731. The van der Waals surface area contributed by atoms with Crippen molar-refractivity contribution in [2.24, 2.45) is 0 Å². The molecule has 1 aromatic rings. The molecule has 2 aliphatic heterocycles. The Labute approximate surface area is 140 Å². The number of nitrogens with zero attached hydrogens (tertiary/aromatic N) is 1. The molecule has 1 atom stereocenters. The summed E-state index contributed by atoms with van der Waals surface area (Å²) >= 11 is 0. The van der Waals surface area contributed by atoms with Gasteiger partial charge in [0.05, 0.1) is 0 Å². The molecule has 21 heavy (non-hydrogen) atoms. The fourth-order valence-electron chi connectivity index (χ4n) is 3.24. The van der Waals surface area contributed by atoms with Gasteiger partial charge in [-0.15, -0.1) is 24.8 Å². The quantitative estimate of drug-likeness (QED) is 0.853. The van der Waals surface area contributed by atoms with E-state index in [1.165, 1.54) is 11.1 Å². The summed E-state index contributed by atoms with van der Waals surface area (Å²) in [6.07, 6.45) is 1.07. The van der Waals surface area contributed by atoms with Gasteiger partial charge in [0, 0.05) is 44.2 Å². The van der Waals surface area contributed by atoms with Gasteiger partial charge in [-0.05, 0) is 32.4 Å². The second kappa shape index (κ2) is 7.19. The number of aryl methyl sites for hydroxylation is 1. The van der Waals surface area contributed by atoms with Crippen molar-refractivity contribution < 1.29 is 4.74 Å². The van der Waals surface area contributed by atoms with Gasteiger partial charge in [0.25, 0.3) is 0 Å². The monoisotopic (exact) mass is 332 g/mol. The van der Waals surface area contributed by atoms with Crippen molar-refractivity contribution in [1.82, 2.24) is 10.2 Å². The number of benzene rings is 1. The molecule has 3 rings (SSSR count). The normalized spacial score (nSPS) is 24.0. The van der Waals surface area contributed by atoms with Gasteiger partial charge < -0.3 is 10.1 Å². The molecule has 2 heterocycles. The second-order valence-corrected chi connectivity index (χ2v) is 6.41. The Morgan fingerprint density at radius 1 is 1.19 bits per heavy atom. The van der Waals surface area contributed by atoms with Gasteiger partial charge in [0.2, 0.25) is 0 Å². The zero-order valence-corrected chi connectivity index (χ0v) is 14.6. The smallest absolute Gasteiger partial charge is 0.125 e. The van der Waals surface area contributed by atoms with Crippen LogP contribution < -0.4 is 10.1 Å². The third-order valence-electron chi connectivity index (χ3n) is 4.19. The number of halogens is 2. The van der Waals surface area contributed by atoms with Crippen molar-refractivity contribution in [3.63, 3.8) is 0 Å². The average Bonchev–Trinajstić information content (AvgIpc) is 2.37. The summed E-state index contributed by atoms with van der Waals surface area (Å²) in [6, 6.07) is 7.15. The molecule has 1 unspecified atom stereocenters. The van der Waals surface area contributed by atoms with E-state index in [0.717, 1.165) is 38.3 Å². The molecule has 120 valence electrons. The number of nitrogens with one attached hydrogen (secondary N) is 1. The van der Waals surface area contributed by atoms with E-state index >= 15 is 0 Å². The van der Waals surface area contributed by atoms with Gasteiger partial charge in [-0.25, -0.2) is 0 Å². The number of ether oxygens (including phenoxy) is 1. The van der Waals surface area contributed by atoms with Crippen LogP contribution in [0.5, 0.6) is 5.75 Å². The summed E-state index contributed by atoms with van der Waals surface area (Å²) in [5.74, 6) is 1.08. The number of hydrogen-bond acceptors (Lipinski definition) is 3. The van der Waals surface area contributed by atoms with Crippen molar-refractivity contribution in [3.8, 4) is 5.75 Å². The molecule has 1 fully saturated rings. The molecule has 3 nitrogen and oxygen atoms in total. The Morgan fingerprint density at radius 3 is 2.52 bits per heavy atom. The van der Waals surface area contributed by atoms with Crippen molar-refractivity contribution in [3.05, 3.63) is 29.3 Å². The van der Waals surface area contributed by atoms with Crippen LogP contribution in [0.1, 0.15) is 37.4 Å². The molecule has 1 saturated heterocycles. The van der Waals surface area contributed by atoms with Gasteiger partial charge in [-0.1, -0.05) is 12.1 Å². The van der Waals surface area contributed by atoms with E-state index in [9.17, 15) is 0 Å². The maximum atomic E-state index is 6.18. The number of piperazine rings is 1. The van der Waals surface area contributed by atoms with E-state index in [0.29, 0.717) is 6.04 Å². The average molecular weight is 333 g/mol. The Kier molecular flexibility index (Phi) is 6.36. The van der Waals surface area contributed by atoms with E-state index < -0.39 is 0 Å². The number of rotatable bonds is 1. The zero-order chi connectivity index (χ0) is 13.5. The maximum Gasteiger partial charge on any atom is 0.125 e. The fraction of sp³-hybridized carbons (Fsp3) is 0.625. The Balaban J connectivity index is 0.00000110. The molecular formula is C16H26Cl2N2O. The van der Waals surface area contributed by atoms with E-state index in [4.69, 9.17) is 4.74 Å². The van der Waals surface area contributed by atoms with Crippen molar-refractivity contribution in [2.75, 3.05) is 26.2 Å². The minimum Gasteiger partial charge on any atom is -0.487 e. The van der Waals surface area contributed by atoms with Gasteiger partial charge in [-0.2, -0.15) is 0 Å². The van der Waals surface area contributed by atoms with Crippen LogP contribution in [0.2, 0.25) is 0 Å². The summed E-state index contributed by atoms with van der Waals surface area (Å²) in [5.41, 5.74) is 2.57. The largest absolute Gasteiger partial charge is 0.487 e. The number of hydrogen-bond donors (Lipinski definition) is 1. The molecule has 1 aromatic carbocycles. The van der Waals surface area contributed by atoms with Crippen molar-refractivity contribution in [1.29, 1.82) is 0 Å². The van der Waals surface area contributed by atoms with Crippen LogP contribution in [0.4, 0.5) is 0 Å². The summed E-state index contributed by atoms with van der Waals surface area (Å²) in [6.45, 7) is 11.0. The van der Waals surface area contributed by atoms with Crippen LogP contribution >= 0.6 is 24.8 Å². The number of fused-ring (bicyclic) bond motifs is 1. The van der Waals surface area contributed by atoms with Crippen molar-refractivity contribution >= 4 is 24.8 Å². The molecule has 0 spiro atoms. The molecule has 0 amide bonds. The third-order valence-corrected chi connectivity index (χ3v) is 4.19. The molecule has 0 radical (unpaired) electrons. The molecule has 0 aromatic heterocycles. The van der Waals surface area contributed by atoms with Gasteiger partial charge in [-0.3, -0.25) is 4.90 Å². The highest BCUT2D eigenvalue weighted by Crippen LogP contribution is 2.42. The summed E-state index contributed by atoms with van der Waals surface area (Å²) < 4.78 is 6.18. The lowest BCUT2D eigenvalue weighted by Crippen LogP contribution is -2.48. The fourth-order valence-corrected chi connectivity index (χ4v) is 3.24. The summed E-state index contributed by atoms with van der Waals surface area (Å²) in [7, 11) is 0. The first-order chi connectivity index (χ1) is 9.05. The van der Waals surface area contributed by atoms with Crippen LogP contribution in [0.25, 0.3) is 0 Å². The predicted octanol–water partition coefficient (Wildman–Crippen LogP) is 3.35. The van der Waals surface area contributed by atoms with E-state index in [2.05, 4.69) is 49.2 Å². The SMILES string of the molecule is Cc1ccc2c(c1)OC(C)(C)CC2N1CCNCC1.Cl.Cl. The van der Waals surface area contributed by atoms with E-state index in [1.54, 1.807) is 0 Å². The van der Waals surface area contributed by atoms with Gasteiger partial charge in [0.1, 0.15) is 11.4 Å². The Bertz CT molecular complexity index is 473. The first-order valence-electron chi connectivity index (χ1n) is 7.29. The minimum absolute atomic E-state index is 0. The highest BCUT2D eigenvalue weighted by Gasteiger charge is 2.36. The molecule has 0 aliphatic carbocycles. The Hall–Kier alpha value is -0.480. The highest BCUT2D eigenvalue weighted by atomic mass is 35.5. The van der Waals surface area contributed by atoms with Crippen molar-refractivity contribution in [2.45, 2.75) is 38.8 Å². The van der Waals surface area contributed by atoms with Crippen LogP contribution in [-0.2, 0) is 0 Å². The standard InChI is InChI=1S/C16H24N2O.2ClH/c1-12-4-5-13-14(18-8-6-17-7-9-18)11-16(2,3)19-15(13)10-12;;/h4-5,10,14,17H,6-9,11H2,1-3H3;2*1H. The Morgan fingerprint density at radius 2 is 1.86 bits per heavy atom. The predicted molar refractivity (Wildman–Crippen MR) is 92.2 cm³/mol. The van der Waals surface area contributed by atoms with E-state index in [-0.39, 0.29) is 30.4 Å². The molecule has 2 aliphatic rings. The summed E-state index contributed by atoms with van der Waals surface area (Å²) in [5, 5.41) is 3.43. The molecule has 0 bridgehead atoms. The van der Waals surface area contributed by atoms with Crippen LogP contribution in [0.15, 0.2) is 18.2 Å². The zero-order valence-electron chi connectivity index (χ0n) is 13.0. The molecule has 1 N–H and O–H groups in total.